The van der Waals surface area contributed by atoms with Gasteiger partial charge in [-0.15, -0.1) is 0 Å². The summed E-state index contributed by atoms with van der Waals surface area (Å²) in [5.74, 6) is 0.638. The third kappa shape index (κ3) is 3.93. The van der Waals surface area contributed by atoms with Crippen molar-refractivity contribution in [2.45, 2.75) is 58.1 Å². The molecule has 1 aliphatic rings. The van der Waals surface area contributed by atoms with Crippen molar-refractivity contribution in [2.75, 3.05) is 24.3 Å². The Bertz CT molecular complexity index is 465. The number of nitrogens with zero attached hydrogens (tertiary/aromatic N) is 3. The second-order valence-corrected chi connectivity index (χ2v) is 5.31. The van der Waals surface area contributed by atoms with Crippen molar-refractivity contribution in [1.29, 1.82) is 0 Å². The molecule has 2 heterocycles. The molecule has 0 aliphatic carbocycles. The highest BCUT2D eigenvalue weighted by Crippen LogP contribution is 2.32. The average molecular weight is 295 g/mol. The van der Waals surface area contributed by atoms with Crippen molar-refractivity contribution >= 4 is 11.9 Å². The highest BCUT2D eigenvalue weighted by atomic mass is 16.5. The van der Waals surface area contributed by atoms with Crippen LogP contribution in [-0.4, -0.2) is 39.8 Å². The molecule has 7 nitrogen and oxygen atoms in total. The summed E-state index contributed by atoms with van der Waals surface area (Å²) in [5, 5.41) is 3.34. The van der Waals surface area contributed by atoms with Gasteiger partial charge in [-0.25, -0.2) is 0 Å². The summed E-state index contributed by atoms with van der Waals surface area (Å²) < 4.78 is 11.3. The van der Waals surface area contributed by atoms with Crippen LogP contribution in [0.3, 0.4) is 0 Å². The van der Waals surface area contributed by atoms with Crippen LogP contribution in [0.25, 0.3) is 0 Å². The molecule has 1 aromatic rings. The van der Waals surface area contributed by atoms with E-state index in [1.165, 1.54) is 0 Å². The Hall–Kier alpha value is -1.63. The number of rotatable bonds is 6. The maximum atomic E-state index is 5.98. The van der Waals surface area contributed by atoms with Gasteiger partial charge in [0.1, 0.15) is 0 Å². The zero-order valence-corrected chi connectivity index (χ0v) is 13.1. The van der Waals surface area contributed by atoms with Gasteiger partial charge >= 0.3 is 6.01 Å². The van der Waals surface area contributed by atoms with Gasteiger partial charge in [-0.3, -0.25) is 0 Å². The Morgan fingerprint density at radius 2 is 2.05 bits per heavy atom. The lowest BCUT2D eigenvalue weighted by molar-refractivity contribution is -0.0865. The van der Waals surface area contributed by atoms with E-state index in [2.05, 4.69) is 34.1 Å². The molecule has 3 N–H and O–H groups in total. The molecule has 118 valence electrons. The normalized spacial score (nSPS) is 21.0. The smallest absolute Gasteiger partial charge is 0.323 e. The van der Waals surface area contributed by atoms with E-state index >= 15 is 0 Å². The molecule has 0 saturated carbocycles. The van der Waals surface area contributed by atoms with Crippen LogP contribution in [0.15, 0.2) is 0 Å². The van der Waals surface area contributed by atoms with Crippen LogP contribution in [0.2, 0.25) is 0 Å². The number of ether oxygens (including phenoxy) is 2. The van der Waals surface area contributed by atoms with Gasteiger partial charge in [-0.1, -0.05) is 13.8 Å². The molecule has 0 aromatic carbocycles. The molecule has 1 fully saturated rings. The van der Waals surface area contributed by atoms with Crippen molar-refractivity contribution in [3.8, 4) is 6.01 Å². The third-order valence-corrected chi connectivity index (χ3v) is 4.02. The molecule has 0 spiro atoms. The molecular weight excluding hydrogens is 270 g/mol. The molecule has 1 atom stereocenters. The average Bonchev–Trinajstić information content (AvgIpc) is 2.47. The van der Waals surface area contributed by atoms with Gasteiger partial charge in [0.2, 0.25) is 11.9 Å². The Morgan fingerprint density at radius 3 is 2.71 bits per heavy atom. The lowest BCUT2D eigenvalue weighted by Gasteiger charge is -2.40. The number of nitrogen functional groups attached to an aromatic ring is 1. The zero-order chi connectivity index (χ0) is 15.3. The largest absolute Gasteiger partial charge is 0.464 e. The molecule has 2 rings (SSSR count). The fourth-order valence-corrected chi connectivity index (χ4v) is 2.71. The van der Waals surface area contributed by atoms with Gasteiger partial charge in [0.25, 0.3) is 0 Å². The molecule has 0 bridgehead atoms. The summed E-state index contributed by atoms with van der Waals surface area (Å²) in [5.41, 5.74) is 5.65. The minimum absolute atomic E-state index is 0.0444. The van der Waals surface area contributed by atoms with E-state index in [0.717, 1.165) is 32.3 Å². The lowest BCUT2D eigenvalue weighted by atomic mass is 9.86. The van der Waals surface area contributed by atoms with Crippen molar-refractivity contribution in [3.63, 3.8) is 0 Å². The van der Waals surface area contributed by atoms with Crippen molar-refractivity contribution in [3.05, 3.63) is 0 Å². The van der Waals surface area contributed by atoms with E-state index in [9.17, 15) is 0 Å². The Morgan fingerprint density at radius 1 is 1.29 bits per heavy atom. The van der Waals surface area contributed by atoms with E-state index in [0.29, 0.717) is 12.6 Å². The van der Waals surface area contributed by atoms with Gasteiger partial charge in [-0.05, 0) is 32.6 Å². The number of aromatic nitrogens is 3. The third-order valence-electron chi connectivity index (χ3n) is 4.02. The van der Waals surface area contributed by atoms with Gasteiger partial charge in [-0.2, -0.15) is 15.0 Å². The van der Waals surface area contributed by atoms with Crippen molar-refractivity contribution < 1.29 is 9.47 Å². The van der Waals surface area contributed by atoms with Crippen LogP contribution >= 0.6 is 0 Å². The van der Waals surface area contributed by atoms with Crippen LogP contribution in [0.1, 0.15) is 46.5 Å². The maximum Gasteiger partial charge on any atom is 0.323 e. The fraction of sp³-hybridized carbons (Fsp3) is 0.786. The molecule has 0 radical (unpaired) electrons. The van der Waals surface area contributed by atoms with Crippen LogP contribution < -0.4 is 15.8 Å². The molecule has 21 heavy (non-hydrogen) atoms. The number of nitrogens with one attached hydrogen (secondary N) is 1. The fourth-order valence-electron chi connectivity index (χ4n) is 2.71. The number of anilines is 2. The first-order valence-corrected chi connectivity index (χ1v) is 7.65. The number of hydrogen-bond donors (Lipinski definition) is 2. The molecular formula is C14H25N5O2. The minimum atomic E-state index is -0.0444. The highest BCUT2D eigenvalue weighted by molar-refractivity contribution is 5.33. The Labute approximate surface area is 125 Å². The first-order chi connectivity index (χ1) is 10.1. The first-order valence-electron chi connectivity index (χ1n) is 7.65. The summed E-state index contributed by atoms with van der Waals surface area (Å²) in [6, 6.07) is 0.534. The van der Waals surface area contributed by atoms with E-state index < -0.39 is 0 Å². The van der Waals surface area contributed by atoms with Crippen LogP contribution in [0, 0.1) is 0 Å². The second kappa shape index (κ2) is 6.89. The molecule has 1 saturated heterocycles. The zero-order valence-electron chi connectivity index (χ0n) is 13.1. The molecule has 7 heteroatoms. The Kier molecular flexibility index (Phi) is 5.17. The molecule has 1 aromatic heterocycles. The predicted molar refractivity (Wildman–Crippen MR) is 81.3 cm³/mol. The topological polar surface area (TPSA) is 95.2 Å². The highest BCUT2D eigenvalue weighted by Gasteiger charge is 2.34. The van der Waals surface area contributed by atoms with E-state index in [1.807, 2.05) is 6.92 Å². The van der Waals surface area contributed by atoms with E-state index in [1.54, 1.807) is 0 Å². The van der Waals surface area contributed by atoms with Gasteiger partial charge in [0, 0.05) is 12.6 Å². The van der Waals surface area contributed by atoms with E-state index in [-0.39, 0.29) is 23.6 Å². The Balaban J connectivity index is 2.07. The van der Waals surface area contributed by atoms with Crippen molar-refractivity contribution in [1.82, 2.24) is 15.0 Å². The van der Waals surface area contributed by atoms with Crippen LogP contribution in [0.5, 0.6) is 6.01 Å². The predicted octanol–water partition coefficient (Wildman–Crippen LogP) is 2.00. The second-order valence-electron chi connectivity index (χ2n) is 5.31. The van der Waals surface area contributed by atoms with Gasteiger partial charge in [0.15, 0.2) is 0 Å². The van der Waals surface area contributed by atoms with Crippen LogP contribution in [0.4, 0.5) is 11.9 Å². The minimum Gasteiger partial charge on any atom is -0.464 e. The summed E-state index contributed by atoms with van der Waals surface area (Å²) >= 11 is 0. The lowest BCUT2D eigenvalue weighted by Crippen LogP contribution is -2.43. The molecule has 1 aliphatic heterocycles. The van der Waals surface area contributed by atoms with Crippen molar-refractivity contribution in [2.24, 2.45) is 0 Å². The first kappa shape index (κ1) is 15.8. The summed E-state index contributed by atoms with van der Waals surface area (Å²) in [7, 11) is 0. The van der Waals surface area contributed by atoms with Crippen LogP contribution in [-0.2, 0) is 4.74 Å². The summed E-state index contributed by atoms with van der Waals surface area (Å²) in [6.45, 7) is 7.45. The standard InChI is InChI=1S/C14H25N5O2/c1-4-14(5-2)9-10(7-8-21-14)16-12-17-11(15)18-13(19-12)20-6-3/h10H,4-9H2,1-3H3,(H3,15,16,17,18,19). The van der Waals surface area contributed by atoms with E-state index in [4.69, 9.17) is 15.2 Å². The van der Waals surface area contributed by atoms with Gasteiger partial charge in [0.05, 0.1) is 12.2 Å². The molecule has 1 unspecified atom stereocenters. The summed E-state index contributed by atoms with van der Waals surface area (Å²) in [4.78, 5) is 12.3. The molecule has 0 amide bonds. The number of nitrogens with two attached hydrogens (primary N) is 1. The monoisotopic (exact) mass is 295 g/mol. The maximum absolute atomic E-state index is 5.98. The summed E-state index contributed by atoms with van der Waals surface area (Å²) in [6.07, 6.45) is 3.88. The number of hydrogen-bond acceptors (Lipinski definition) is 7. The quantitative estimate of drug-likeness (QED) is 0.828. The van der Waals surface area contributed by atoms with Gasteiger partial charge < -0.3 is 20.5 Å². The SMILES string of the molecule is CCOc1nc(N)nc(NC2CCOC(CC)(CC)C2)n1.